The second kappa shape index (κ2) is 5.45. The summed E-state index contributed by atoms with van der Waals surface area (Å²) in [5.41, 5.74) is 0.669. The number of benzene rings is 1. The lowest BCUT2D eigenvalue weighted by Crippen LogP contribution is -1.96. The molecule has 0 aliphatic heterocycles. The quantitative estimate of drug-likeness (QED) is 0.874. The van der Waals surface area contributed by atoms with Crippen LogP contribution in [0, 0.1) is 5.82 Å². The highest BCUT2D eigenvalue weighted by Crippen LogP contribution is 2.28. The van der Waals surface area contributed by atoms with E-state index in [1.54, 1.807) is 6.07 Å². The van der Waals surface area contributed by atoms with Gasteiger partial charge in [0.2, 0.25) is 0 Å². The van der Waals surface area contributed by atoms with Crippen molar-refractivity contribution in [3.05, 3.63) is 39.6 Å². The van der Waals surface area contributed by atoms with Gasteiger partial charge in [0.1, 0.15) is 10.7 Å². The number of carbonyl (C=O) groups is 1. The van der Waals surface area contributed by atoms with Gasteiger partial charge in [0.25, 0.3) is 0 Å². The molecule has 0 unspecified atom stereocenters. The van der Waals surface area contributed by atoms with Crippen molar-refractivity contribution in [3.8, 4) is 0 Å². The van der Waals surface area contributed by atoms with Crippen molar-refractivity contribution in [1.29, 1.82) is 0 Å². The number of carbonyl (C=O) groups excluding carboxylic acids is 1. The third-order valence-corrected chi connectivity index (χ3v) is 3.61. The molecule has 1 aromatic heterocycles. The van der Waals surface area contributed by atoms with Crippen molar-refractivity contribution in [2.75, 3.05) is 12.4 Å². The van der Waals surface area contributed by atoms with Crippen LogP contribution in [0.1, 0.15) is 9.67 Å². The molecule has 94 valence electrons. The van der Waals surface area contributed by atoms with Gasteiger partial charge in [-0.25, -0.2) is 14.2 Å². The van der Waals surface area contributed by atoms with E-state index in [9.17, 15) is 9.18 Å². The second-order valence-electron chi connectivity index (χ2n) is 3.27. The zero-order chi connectivity index (χ0) is 13.1. The van der Waals surface area contributed by atoms with Crippen LogP contribution in [0.2, 0.25) is 0 Å². The lowest BCUT2D eigenvalue weighted by Gasteiger charge is -2.04. The molecular formula is C11H8BrFN2O2S. The molecule has 18 heavy (non-hydrogen) atoms. The van der Waals surface area contributed by atoms with Crippen LogP contribution < -0.4 is 5.32 Å². The molecular weight excluding hydrogens is 323 g/mol. The van der Waals surface area contributed by atoms with Crippen molar-refractivity contribution in [3.63, 3.8) is 0 Å². The molecule has 0 radical (unpaired) electrons. The van der Waals surface area contributed by atoms with Crippen LogP contribution in [-0.2, 0) is 4.74 Å². The Morgan fingerprint density at radius 2 is 2.33 bits per heavy atom. The molecule has 0 aliphatic rings. The van der Waals surface area contributed by atoms with E-state index < -0.39 is 5.97 Å². The third-order valence-electron chi connectivity index (χ3n) is 2.07. The smallest absolute Gasteiger partial charge is 0.349 e. The van der Waals surface area contributed by atoms with Crippen LogP contribution in [0.15, 0.2) is 28.9 Å². The van der Waals surface area contributed by atoms with E-state index in [2.05, 4.69) is 31.0 Å². The number of methoxy groups -OCH3 is 1. The number of hydrogen-bond donors (Lipinski definition) is 1. The lowest BCUT2D eigenvalue weighted by molar-refractivity contribution is 0.0606. The number of rotatable bonds is 3. The zero-order valence-electron chi connectivity index (χ0n) is 9.24. The summed E-state index contributed by atoms with van der Waals surface area (Å²) in [5.74, 6) is -0.763. The Morgan fingerprint density at radius 3 is 3.00 bits per heavy atom. The minimum atomic E-state index is -0.432. The van der Waals surface area contributed by atoms with E-state index in [4.69, 9.17) is 0 Å². The fourth-order valence-electron chi connectivity index (χ4n) is 1.23. The molecule has 1 N–H and O–H groups in total. The Hall–Kier alpha value is -1.47. The molecule has 0 saturated heterocycles. The monoisotopic (exact) mass is 330 g/mol. The molecule has 2 aromatic rings. The number of thiazole rings is 1. The topological polar surface area (TPSA) is 51.2 Å². The molecule has 0 fully saturated rings. The predicted octanol–water partition coefficient (Wildman–Crippen LogP) is 3.57. The molecule has 2 rings (SSSR count). The Kier molecular flexibility index (Phi) is 3.93. The summed E-state index contributed by atoms with van der Waals surface area (Å²) >= 11 is 4.40. The van der Waals surface area contributed by atoms with Crippen molar-refractivity contribution < 1.29 is 13.9 Å². The van der Waals surface area contributed by atoms with Gasteiger partial charge in [0, 0.05) is 4.47 Å². The first kappa shape index (κ1) is 13.0. The predicted molar refractivity (Wildman–Crippen MR) is 70.8 cm³/mol. The largest absolute Gasteiger partial charge is 0.465 e. The summed E-state index contributed by atoms with van der Waals surface area (Å²) in [7, 11) is 1.31. The average molecular weight is 331 g/mol. The molecule has 0 spiro atoms. The summed E-state index contributed by atoms with van der Waals surface area (Å²) in [4.78, 5) is 15.7. The van der Waals surface area contributed by atoms with Crippen LogP contribution in [0.25, 0.3) is 0 Å². The van der Waals surface area contributed by atoms with Gasteiger partial charge in [0.15, 0.2) is 5.13 Å². The van der Waals surface area contributed by atoms with Gasteiger partial charge < -0.3 is 10.1 Å². The van der Waals surface area contributed by atoms with Crippen LogP contribution >= 0.6 is 27.3 Å². The molecule has 4 nitrogen and oxygen atoms in total. The lowest BCUT2D eigenvalue weighted by atomic mass is 10.3. The van der Waals surface area contributed by atoms with E-state index >= 15 is 0 Å². The van der Waals surface area contributed by atoms with E-state index in [1.807, 2.05) is 0 Å². The number of anilines is 2. The number of ether oxygens (including phenoxy) is 1. The van der Waals surface area contributed by atoms with Crippen LogP contribution in [0.4, 0.5) is 15.2 Å². The maximum atomic E-state index is 12.9. The van der Waals surface area contributed by atoms with Gasteiger partial charge in [-0.15, -0.1) is 0 Å². The van der Waals surface area contributed by atoms with Crippen molar-refractivity contribution in [2.24, 2.45) is 0 Å². The fraction of sp³-hybridized carbons (Fsp3) is 0.0909. The number of hydrogen-bond acceptors (Lipinski definition) is 5. The first-order valence-electron chi connectivity index (χ1n) is 4.86. The highest BCUT2D eigenvalue weighted by Gasteiger charge is 2.11. The molecule has 0 saturated carbocycles. The maximum Gasteiger partial charge on any atom is 0.349 e. The summed E-state index contributed by atoms with van der Waals surface area (Å²) in [5, 5.41) is 3.52. The molecule has 0 aliphatic carbocycles. The number of aromatic nitrogens is 1. The Bertz CT molecular complexity index is 588. The van der Waals surface area contributed by atoms with Gasteiger partial charge in [0.05, 0.1) is 19.0 Å². The minimum Gasteiger partial charge on any atom is -0.465 e. The van der Waals surface area contributed by atoms with E-state index in [0.717, 1.165) is 11.3 Å². The van der Waals surface area contributed by atoms with Gasteiger partial charge in [-0.2, -0.15) is 0 Å². The van der Waals surface area contributed by atoms with Crippen molar-refractivity contribution >= 4 is 44.1 Å². The maximum absolute atomic E-state index is 12.9. The summed E-state index contributed by atoms with van der Waals surface area (Å²) < 4.78 is 18.1. The zero-order valence-corrected chi connectivity index (χ0v) is 11.6. The van der Waals surface area contributed by atoms with Crippen LogP contribution in [0.3, 0.4) is 0 Å². The normalized spacial score (nSPS) is 10.2. The number of nitrogens with zero attached hydrogens (tertiary/aromatic N) is 1. The van der Waals surface area contributed by atoms with Gasteiger partial charge >= 0.3 is 5.97 Å². The Balaban J connectivity index is 2.18. The molecule has 0 atom stereocenters. The number of nitrogens with one attached hydrogen (secondary N) is 1. The molecule has 1 aromatic carbocycles. The summed E-state index contributed by atoms with van der Waals surface area (Å²) in [6.45, 7) is 0. The highest BCUT2D eigenvalue weighted by atomic mass is 79.9. The van der Waals surface area contributed by atoms with Crippen LogP contribution in [-0.4, -0.2) is 18.1 Å². The van der Waals surface area contributed by atoms with Gasteiger partial charge in [-0.3, -0.25) is 0 Å². The van der Waals surface area contributed by atoms with E-state index in [-0.39, 0.29) is 5.82 Å². The summed E-state index contributed by atoms with van der Waals surface area (Å²) in [6.07, 6.45) is 1.43. The van der Waals surface area contributed by atoms with Crippen molar-refractivity contribution in [2.45, 2.75) is 0 Å². The Labute approximate surface area is 115 Å². The molecule has 0 amide bonds. The van der Waals surface area contributed by atoms with Gasteiger partial charge in [-0.1, -0.05) is 11.3 Å². The highest BCUT2D eigenvalue weighted by molar-refractivity contribution is 9.10. The second-order valence-corrected chi connectivity index (χ2v) is 5.16. The SMILES string of the molecule is COC(=O)c1cnc(Nc2ccc(F)cc2Br)s1. The number of esters is 1. The number of halogens is 2. The Morgan fingerprint density at radius 1 is 1.56 bits per heavy atom. The minimum absolute atomic E-state index is 0.332. The fourth-order valence-corrected chi connectivity index (χ4v) is 2.43. The first-order valence-corrected chi connectivity index (χ1v) is 6.47. The molecule has 1 heterocycles. The first-order chi connectivity index (χ1) is 8.60. The molecule has 7 heteroatoms. The third kappa shape index (κ3) is 2.85. The van der Waals surface area contributed by atoms with Gasteiger partial charge in [-0.05, 0) is 34.1 Å². The van der Waals surface area contributed by atoms with Crippen LogP contribution in [0.5, 0.6) is 0 Å². The van der Waals surface area contributed by atoms with E-state index in [1.165, 1.54) is 25.4 Å². The van der Waals surface area contributed by atoms with Crippen molar-refractivity contribution in [1.82, 2.24) is 4.98 Å². The van der Waals surface area contributed by atoms with E-state index in [0.29, 0.717) is 20.2 Å². The summed E-state index contributed by atoms with van der Waals surface area (Å²) in [6, 6.07) is 4.26. The standard InChI is InChI=1S/C11H8BrFN2O2S/c1-17-10(16)9-5-14-11(18-9)15-8-3-2-6(13)4-7(8)12/h2-5H,1H3,(H,14,15). The average Bonchev–Trinajstić information content (AvgIpc) is 2.80. The molecule has 0 bridgehead atoms.